The molecule has 144 valence electrons. The van der Waals surface area contributed by atoms with E-state index in [1.54, 1.807) is 4.90 Å². The number of likely N-dealkylation sites (tertiary alicyclic amines) is 1. The second-order valence-corrected chi connectivity index (χ2v) is 7.01. The fourth-order valence-corrected chi connectivity index (χ4v) is 3.41. The number of carbonyl (C=O) groups is 1. The Kier molecular flexibility index (Phi) is 6.19. The van der Waals surface area contributed by atoms with Crippen LogP contribution in [-0.4, -0.2) is 41.1 Å². The van der Waals surface area contributed by atoms with E-state index in [1.165, 1.54) is 6.07 Å². The Labute approximate surface area is 157 Å². The monoisotopic (exact) mass is 374 g/mol. The summed E-state index contributed by atoms with van der Waals surface area (Å²) < 4.78 is 26.2. The lowest BCUT2D eigenvalue weighted by molar-refractivity contribution is -0.156. The molecule has 0 bridgehead atoms. The van der Waals surface area contributed by atoms with E-state index < -0.39 is 17.2 Å². The Morgan fingerprint density at radius 1 is 1.07 bits per heavy atom. The quantitative estimate of drug-likeness (QED) is 0.784. The fraction of sp³-hybridized carbons (Fsp3) is 0.381. The fourth-order valence-electron chi connectivity index (χ4n) is 3.41. The van der Waals surface area contributed by atoms with Crippen LogP contribution in [0, 0.1) is 11.6 Å². The van der Waals surface area contributed by atoms with Crippen molar-refractivity contribution in [3.63, 3.8) is 0 Å². The average molecular weight is 374 g/mol. The summed E-state index contributed by atoms with van der Waals surface area (Å²) in [6.45, 7) is 1.52. The van der Waals surface area contributed by atoms with Crippen molar-refractivity contribution in [1.29, 1.82) is 0 Å². The van der Waals surface area contributed by atoms with Gasteiger partial charge in [-0.2, -0.15) is 0 Å². The molecule has 0 saturated carbocycles. The van der Waals surface area contributed by atoms with Gasteiger partial charge in [0, 0.05) is 26.2 Å². The van der Waals surface area contributed by atoms with Crippen LogP contribution in [-0.2, 0) is 17.8 Å². The Hall–Kier alpha value is -2.31. The molecule has 1 heterocycles. The van der Waals surface area contributed by atoms with Crippen molar-refractivity contribution in [2.24, 2.45) is 0 Å². The minimum absolute atomic E-state index is 0.0761. The van der Waals surface area contributed by atoms with Gasteiger partial charge in [-0.05, 0) is 42.5 Å². The molecule has 1 fully saturated rings. The number of halogens is 2. The van der Waals surface area contributed by atoms with Crippen molar-refractivity contribution in [3.8, 4) is 0 Å². The first-order valence-electron chi connectivity index (χ1n) is 9.18. The summed E-state index contributed by atoms with van der Waals surface area (Å²) in [5, 5.41) is 13.8. The maximum atomic E-state index is 13.3. The van der Waals surface area contributed by atoms with Gasteiger partial charge in [0.25, 0.3) is 5.91 Å². The number of amides is 1. The highest BCUT2D eigenvalue weighted by atomic mass is 19.2. The normalized spacial score (nSPS) is 20.1. The van der Waals surface area contributed by atoms with Crippen LogP contribution in [0.5, 0.6) is 0 Å². The second-order valence-electron chi connectivity index (χ2n) is 7.01. The SMILES string of the molecule is O=C1N(CCc2ccccc2)CCCC1(O)CNCc1ccc(F)c(F)c1. The topological polar surface area (TPSA) is 52.6 Å². The predicted octanol–water partition coefficient (Wildman–Crippen LogP) is 2.65. The number of hydrogen-bond acceptors (Lipinski definition) is 3. The lowest BCUT2D eigenvalue weighted by atomic mass is 9.91. The average Bonchev–Trinajstić information content (AvgIpc) is 2.67. The minimum Gasteiger partial charge on any atom is -0.379 e. The lowest BCUT2D eigenvalue weighted by Gasteiger charge is -2.38. The lowest BCUT2D eigenvalue weighted by Crippen LogP contribution is -2.58. The van der Waals surface area contributed by atoms with Crippen LogP contribution >= 0.6 is 0 Å². The Bertz CT molecular complexity index is 785. The largest absolute Gasteiger partial charge is 0.379 e. The van der Waals surface area contributed by atoms with Gasteiger partial charge in [0.1, 0.15) is 0 Å². The van der Waals surface area contributed by atoms with Crippen molar-refractivity contribution >= 4 is 5.91 Å². The third-order valence-corrected chi connectivity index (χ3v) is 4.95. The maximum Gasteiger partial charge on any atom is 0.255 e. The van der Waals surface area contributed by atoms with Gasteiger partial charge in [-0.15, -0.1) is 0 Å². The first-order chi connectivity index (χ1) is 13.0. The molecule has 1 saturated heterocycles. The highest BCUT2D eigenvalue weighted by molar-refractivity contribution is 5.86. The molecular formula is C21H24F2N2O2. The van der Waals surface area contributed by atoms with E-state index >= 15 is 0 Å². The standard InChI is InChI=1S/C21H24F2N2O2/c22-18-8-7-17(13-19(18)23)14-24-15-21(27)10-4-11-25(20(21)26)12-9-16-5-2-1-3-6-16/h1-3,5-8,13,24,27H,4,9-12,14-15H2. The number of piperidine rings is 1. The first kappa shape index (κ1) is 19.5. The van der Waals surface area contributed by atoms with E-state index in [9.17, 15) is 18.7 Å². The molecule has 27 heavy (non-hydrogen) atoms. The number of benzene rings is 2. The number of aliphatic hydroxyl groups is 1. The highest BCUT2D eigenvalue weighted by Gasteiger charge is 2.41. The molecule has 1 unspecified atom stereocenters. The molecule has 0 aromatic heterocycles. The third kappa shape index (κ3) is 4.90. The summed E-state index contributed by atoms with van der Waals surface area (Å²) in [7, 11) is 0. The number of nitrogens with one attached hydrogen (secondary N) is 1. The Morgan fingerprint density at radius 3 is 2.59 bits per heavy atom. The predicted molar refractivity (Wildman–Crippen MR) is 99.0 cm³/mol. The van der Waals surface area contributed by atoms with E-state index in [2.05, 4.69) is 5.32 Å². The van der Waals surface area contributed by atoms with Crippen molar-refractivity contribution in [1.82, 2.24) is 10.2 Å². The van der Waals surface area contributed by atoms with Crippen LogP contribution in [0.4, 0.5) is 8.78 Å². The zero-order valence-corrected chi connectivity index (χ0v) is 15.1. The van der Waals surface area contributed by atoms with Crippen molar-refractivity contribution in [3.05, 3.63) is 71.3 Å². The number of nitrogens with zero attached hydrogens (tertiary/aromatic N) is 1. The molecule has 0 aliphatic carbocycles. The van der Waals surface area contributed by atoms with Crippen LogP contribution in [0.2, 0.25) is 0 Å². The van der Waals surface area contributed by atoms with Gasteiger partial charge in [0.05, 0.1) is 0 Å². The van der Waals surface area contributed by atoms with Crippen LogP contribution in [0.25, 0.3) is 0 Å². The summed E-state index contributed by atoms with van der Waals surface area (Å²) in [4.78, 5) is 14.4. The van der Waals surface area contributed by atoms with Crippen LogP contribution in [0.1, 0.15) is 24.0 Å². The van der Waals surface area contributed by atoms with E-state index in [4.69, 9.17) is 0 Å². The Morgan fingerprint density at radius 2 is 1.85 bits per heavy atom. The molecule has 1 aliphatic heterocycles. The van der Waals surface area contributed by atoms with Gasteiger partial charge in [0.15, 0.2) is 17.2 Å². The molecule has 2 aromatic rings. The van der Waals surface area contributed by atoms with Gasteiger partial charge >= 0.3 is 0 Å². The molecule has 0 spiro atoms. The minimum atomic E-state index is -1.46. The molecule has 4 nitrogen and oxygen atoms in total. The summed E-state index contributed by atoms with van der Waals surface area (Å²) in [6, 6.07) is 13.6. The first-order valence-corrected chi connectivity index (χ1v) is 9.18. The van der Waals surface area contributed by atoms with Crippen molar-refractivity contribution in [2.45, 2.75) is 31.4 Å². The molecule has 3 rings (SSSR count). The van der Waals surface area contributed by atoms with Gasteiger partial charge in [0.2, 0.25) is 0 Å². The smallest absolute Gasteiger partial charge is 0.255 e. The number of rotatable bonds is 7. The highest BCUT2D eigenvalue weighted by Crippen LogP contribution is 2.23. The van der Waals surface area contributed by atoms with Crippen molar-refractivity contribution in [2.75, 3.05) is 19.6 Å². The Balaban J connectivity index is 1.54. The van der Waals surface area contributed by atoms with Crippen LogP contribution in [0.15, 0.2) is 48.5 Å². The summed E-state index contributed by atoms with van der Waals surface area (Å²) >= 11 is 0. The van der Waals surface area contributed by atoms with Gasteiger partial charge in [-0.1, -0.05) is 36.4 Å². The van der Waals surface area contributed by atoms with E-state index in [0.29, 0.717) is 25.1 Å². The molecule has 0 radical (unpaired) electrons. The third-order valence-electron chi connectivity index (χ3n) is 4.95. The summed E-state index contributed by atoms with van der Waals surface area (Å²) in [5.74, 6) is -2.08. The molecule has 2 aromatic carbocycles. The molecule has 1 aliphatic rings. The molecule has 2 N–H and O–H groups in total. The maximum absolute atomic E-state index is 13.3. The number of carbonyl (C=O) groups excluding carboxylic acids is 1. The zero-order valence-electron chi connectivity index (χ0n) is 15.1. The van der Waals surface area contributed by atoms with Crippen LogP contribution in [0.3, 0.4) is 0 Å². The van der Waals surface area contributed by atoms with Crippen molar-refractivity contribution < 1.29 is 18.7 Å². The summed E-state index contributed by atoms with van der Waals surface area (Å²) in [5.41, 5.74) is 0.241. The van der Waals surface area contributed by atoms with Crippen LogP contribution < -0.4 is 5.32 Å². The molecule has 6 heteroatoms. The van der Waals surface area contributed by atoms with E-state index in [0.717, 1.165) is 30.5 Å². The second kappa shape index (κ2) is 8.59. The molecule has 1 amide bonds. The molecular weight excluding hydrogens is 350 g/mol. The van der Waals surface area contributed by atoms with E-state index in [-0.39, 0.29) is 19.0 Å². The van der Waals surface area contributed by atoms with Gasteiger partial charge in [-0.3, -0.25) is 4.79 Å². The number of hydrogen-bond donors (Lipinski definition) is 2. The summed E-state index contributed by atoms with van der Waals surface area (Å²) in [6.07, 6.45) is 1.85. The molecule has 1 atom stereocenters. The van der Waals surface area contributed by atoms with Gasteiger partial charge < -0.3 is 15.3 Å². The van der Waals surface area contributed by atoms with Gasteiger partial charge in [-0.25, -0.2) is 8.78 Å². The zero-order chi connectivity index (χ0) is 19.3. The van der Waals surface area contributed by atoms with E-state index in [1.807, 2.05) is 30.3 Å².